The summed E-state index contributed by atoms with van der Waals surface area (Å²) in [7, 11) is 0. The van der Waals surface area contributed by atoms with E-state index in [9.17, 15) is 4.79 Å². The van der Waals surface area contributed by atoms with Crippen LogP contribution in [0.5, 0.6) is 0 Å². The Morgan fingerprint density at radius 1 is 1.42 bits per heavy atom. The maximum absolute atomic E-state index is 10.6. The van der Waals surface area contributed by atoms with Crippen LogP contribution in [0.4, 0.5) is 0 Å². The summed E-state index contributed by atoms with van der Waals surface area (Å²) in [5.41, 5.74) is 1.29. The molecular weight excluding hydrogens is 248 g/mol. The van der Waals surface area contributed by atoms with Gasteiger partial charge in [0, 0.05) is 38.3 Å². The van der Waals surface area contributed by atoms with E-state index in [1.54, 1.807) is 6.20 Å². The topological polar surface area (TPSA) is 80.5 Å². The van der Waals surface area contributed by atoms with Gasteiger partial charge >= 0.3 is 5.97 Å². The highest BCUT2D eigenvalue weighted by atomic mass is 16.5. The van der Waals surface area contributed by atoms with Gasteiger partial charge in [-0.15, -0.1) is 5.10 Å². The molecule has 0 bridgehead atoms. The normalized spacial score (nSPS) is 22.3. The highest BCUT2D eigenvalue weighted by Crippen LogP contribution is 2.40. The van der Waals surface area contributed by atoms with Crippen molar-refractivity contribution in [1.29, 1.82) is 0 Å². The van der Waals surface area contributed by atoms with Gasteiger partial charge in [0.1, 0.15) is 6.54 Å². The van der Waals surface area contributed by atoms with Gasteiger partial charge in [0.05, 0.1) is 11.9 Å². The largest absolute Gasteiger partial charge is 0.480 e. The molecule has 2 saturated heterocycles. The molecule has 104 valence electrons. The van der Waals surface area contributed by atoms with Gasteiger partial charge in [-0.05, 0) is 12.8 Å². The van der Waals surface area contributed by atoms with Crippen molar-refractivity contribution in [3.8, 4) is 0 Å². The number of rotatable bonds is 4. The molecule has 1 aromatic heterocycles. The lowest BCUT2D eigenvalue weighted by atomic mass is 9.73. The first-order chi connectivity index (χ1) is 9.15. The minimum absolute atomic E-state index is 0.131. The van der Waals surface area contributed by atoms with Crippen LogP contribution in [0.3, 0.4) is 0 Å². The lowest BCUT2D eigenvalue weighted by Gasteiger charge is -2.52. The Morgan fingerprint density at radius 3 is 2.84 bits per heavy atom. The van der Waals surface area contributed by atoms with Crippen molar-refractivity contribution in [1.82, 2.24) is 19.9 Å². The molecule has 7 heteroatoms. The number of likely N-dealkylation sites (tertiary alicyclic amines) is 1. The van der Waals surface area contributed by atoms with E-state index in [1.807, 2.05) is 0 Å². The van der Waals surface area contributed by atoms with Crippen LogP contribution in [-0.2, 0) is 22.6 Å². The Kier molecular flexibility index (Phi) is 3.24. The van der Waals surface area contributed by atoms with Crippen molar-refractivity contribution >= 4 is 5.97 Å². The van der Waals surface area contributed by atoms with E-state index >= 15 is 0 Å². The minimum Gasteiger partial charge on any atom is -0.480 e. The van der Waals surface area contributed by atoms with Crippen LogP contribution >= 0.6 is 0 Å². The third-order valence-electron chi connectivity index (χ3n) is 3.94. The summed E-state index contributed by atoms with van der Waals surface area (Å²) in [5.74, 6) is -0.901. The molecule has 0 aromatic carbocycles. The highest BCUT2D eigenvalue weighted by Gasteiger charge is 2.43. The zero-order valence-electron chi connectivity index (χ0n) is 10.8. The number of hydrogen-bond donors (Lipinski definition) is 1. The van der Waals surface area contributed by atoms with Crippen molar-refractivity contribution in [2.75, 3.05) is 26.3 Å². The van der Waals surface area contributed by atoms with Gasteiger partial charge in [0.15, 0.2) is 0 Å². The van der Waals surface area contributed by atoms with Gasteiger partial charge in [-0.1, -0.05) is 5.21 Å². The van der Waals surface area contributed by atoms with E-state index in [0.29, 0.717) is 5.41 Å². The maximum Gasteiger partial charge on any atom is 0.325 e. The standard InChI is InChI=1S/C12H18N4O3/c17-11(18)7-16-6-10(13-14-16)5-15-8-12(9-15)1-3-19-4-2-12/h6H,1-5,7-9H2,(H,17,18). The molecular formula is C12H18N4O3. The lowest BCUT2D eigenvalue weighted by Crippen LogP contribution is -2.57. The summed E-state index contributed by atoms with van der Waals surface area (Å²) in [5, 5.41) is 16.5. The zero-order chi connectivity index (χ0) is 13.3. The quantitative estimate of drug-likeness (QED) is 0.824. The first kappa shape index (κ1) is 12.6. The number of carboxylic acid groups (broad SMARTS) is 1. The summed E-state index contributed by atoms with van der Waals surface area (Å²) < 4.78 is 6.76. The van der Waals surface area contributed by atoms with E-state index in [1.165, 1.54) is 4.68 Å². The molecule has 7 nitrogen and oxygen atoms in total. The fourth-order valence-electron chi connectivity index (χ4n) is 2.99. The molecule has 0 radical (unpaired) electrons. The first-order valence-electron chi connectivity index (χ1n) is 6.56. The third kappa shape index (κ3) is 2.76. The minimum atomic E-state index is -0.901. The molecule has 1 spiro atoms. The number of aliphatic carboxylic acids is 1. The molecule has 3 rings (SSSR count). The summed E-state index contributed by atoms with van der Waals surface area (Å²) >= 11 is 0. The van der Waals surface area contributed by atoms with Gasteiger partial charge < -0.3 is 9.84 Å². The Morgan fingerprint density at radius 2 is 2.16 bits per heavy atom. The molecule has 19 heavy (non-hydrogen) atoms. The van der Waals surface area contributed by atoms with E-state index in [2.05, 4.69) is 15.2 Å². The Balaban J connectivity index is 1.50. The van der Waals surface area contributed by atoms with Crippen molar-refractivity contribution in [3.63, 3.8) is 0 Å². The first-order valence-corrected chi connectivity index (χ1v) is 6.56. The monoisotopic (exact) mass is 266 g/mol. The predicted octanol–water partition coefficient (Wildman–Crippen LogP) is -0.0249. The molecule has 2 fully saturated rings. The number of hydrogen-bond acceptors (Lipinski definition) is 5. The van der Waals surface area contributed by atoms with Crippen LogP contribution in [0.15, 0.2) is 6.20 Å². The van der Waals surface area contributed by atoms with Crippen LogP contribution in [0.2, 0.25) is 0 Å². The van der Waals surface area contributed by atoms with E-state index < -0.39 is 5.97 Å². The molecule has 0 aliphatic carbocycles. The van der Waals surface area contributed by atoms with Crippen LogP contribution in [-0.4, -0.2) is 57.3 Å². The summed E-state index contributed by atoms with van der Waals surface area (Å²) in [6.45, 7) is 4.55. The molecule has 0 saturated carbocycles. The van der Waals surface area contributed by atoms with Gasteiger partial charge in [0.2, 0.25) is 0 Å². The van der Waals surface area contributed by atoms with Crippen molar-refractivity contribution in [2.45, 2.75) is 25.9 Å². The van der Waals surface area contributed by atoms with Gasteiger partial charge in [-0.2, -0.15) is 0 Å². The second kappa shape index (κ2) is 4.90. The molecule has 1 N–H and O–H groups in total. The second-order valence-corrected chi connectivity index (χ2v) is 5.56. The third-order valence-corrected chi connectivity index (χ3v) is 3.94. The van der Waals surface area contributed by atoms with E-state index in [4.69, 9.17) is 9.84 Å². The maximum atomic E-state index is 10.6. The molecule has 1 aromatic rings. The number of aromatic nitrogens is 3. The van der Waals surface area contributed by atoms with Crippen LogP contribution in [0.25, 0.3) is 0 Å². The molecule has 0 unspecified atom stereocenters. The Bertz CT molecular complexity index is 459. The fourth-order valence-corrected chi connectivity index (χ4v) is 2.99. The molecule has 0 atom stereocenters. The molecule has 2 aliphatic rings. The molecule has 0 amide bonds. The fraction of sp³-hybridized carbons (Fsp3) is 0.750. The number of carbonyl (C=O) groups is 1. The average molecular weight is 266 g/mol. The number of ether oxygens (including phenoxy) is 1. The van der Waals surface area contributed by atoms with E-state index in [-0.39, 0.29) is 6.54 Å². The van der Waals surface area contributed by atoms with Gasteiger partial charge in [-0.25, -0.2) is 4.68 Å². The van der Waals surface area contributed by atoms with Crippen LogP contribution in [0, 0.1) is 5.41 Å². The zero-order valence-corrected chi connectivity index (χ0v) is 10.8. The van der Waals surface area contributed by atoms with Crippen molar-refractivity contribution in [3.05, 3.63) is 11.9 Å². The van der Waals surface area contributed by atoms with Crippen molar-refractivity contribution in [2.24, 2.45) is 5.41 Å². The molecule has 2 aliphatic heterocycles. The second-order valence-electron chi connectivity index (χ2n) is 5.56. The summed E-state index contributed by atoms with van der Waals surface area (Å²) in [4.78, 5) is 12.9. The predicted molar refractivity (Wildman–Crippen MR) is 65.4 cm³/mol. The average Bonchev–Trinajstić information content (AvgIpc) is 2.75. The van der Waals surface area contributed by atoms with Gasteiger partial charge in [0.25, 0.3) is 0 Å². The summed E-state index contributed by atoms with van der Waals surface area (Å²) in [6.07, 6.45) is 4.01. The smallest absolute Gasteiger partial charge is 0.325 e. The molecule has 3 heterocycles. The van der Waals surface area contributed by atoms with E-state index in [0.717, 1.165) is 51.4 Å². The Hall–Kier alpha value is -1.47. The lowest BCUT2D eigenvalue weighted by molar-refractivity contribution is -0.137. The summed E-state index contributed by atoms with van der Waals surface area (Å²) in [6, 6.07) is 0. The highest BCUT2D eigenvalue weighted by molar-refractivity contribution is 5.66. The van der Waals surface area contributed by atoms with Crippen LogP contribution in [0.1, 0.15) is 18.5 Å². The van der Waals surface area contributed by atoms with Crippen molar-refractivity contribution < 1.29 is 14.6 Å². The Labute approximate surface area is 111 Å². The number of carboxylic acids is 1. The van der Waals surface area contributed by atoms with Crippen LogP contribution < -0.4 is 0 Å². The van der Waals surface area contributed by atoms with Gasteiger partial charge in [-0.3, -0.25) is 9.69 Å². The SMILES string of the molecule is O=C(O)Cn1cc(CN2CC3(CCOCC3)C2)nn1. The number of nitrogens with zero attached hydrogens (tertiary/aromatic N) is 4.